The molecule has 11 heteroatoms. The summed E-state index contributed by atoms with van der Waals surface area (Å²) in [6, 6.07) is 10.4. The van der Waals surface area contributed by atoms with Gasteiger partial charge in [0.25, 0.3) is 11.6 Å². The van der Waals surface area contributed by atoms with Gasteiger partial charge in [-0.1, -0.05) is 36.1 Å². The normalized spacial score (nSPS) is 14.7. The smallest absolute Gasteiger partial charge is 0.271 e. The molecule has 1 aliphatic rings. The highest BCUT2D eigenvalue weighted by molar-refractivity contribution is 8.26. The van der Waals surface area contributed by atoms with Crippen LogP contribution in [0.4, 0.5) is 11.4 Å². The van der Waals surface area contributed by atoms with Crippen LogP contribution in [0.25, 0.3) is 6.08 Å². The Bertz CT molecular complexity index is 1080. The minimum atomic E-state index is -0.658. The number of hydrogen-bond acceptors (Lipinski definition) is 8. The van der Waals surface area contributed by atoms with Crippen molar-refractivity contribution in [1.82, 2.24) is 4.90 Å². The fourth-order valence-corrected chi connectivity index (χ4v) is 3.94. The van der Waals surface area contributed by atoms with Crippen LogP contribution in [-0.2, 0) is 9.59 Å². The zero-order valence-electron chi connectivity index (χ0n) is 16.2. The van der Waals surface area contributed by atoms with E-state index >= 15 is 0 Å². The molecule has 0 spiro atoms. The lowest BCUT2D eigenvalue weighted by molar-refractivity contribution is -0.384. The molecule has 0 aliphatic carbocycles. The molecule has 0 bridgehead atoms. The zero-order valence-corrected chi connectivity index (χ0v) is 17.9. The van der Waals surface area contributed by atoms with Crippen LogP contribution in [0.3, 0.4) is 0 Å². The van der Waals surface area contributed by atoms with Gasteiger partial charge in [-0.3, -0.25) is 24.6 Å². The number of benzene rings is 2. The molecule has 2 amide bonds. The highest BCUT2D eigenvalue weighted by atomic mass is 32.2. The van der Waals surface area contributed by atoms with E-state index in [2.05, 4.69) is 5.32 Å². The van der Waals surface area contributed by atoms with Crippen LogP contribution in [-0.4, -0.2) is 44.2 Å². The Balaban J connectivity index is 1.69. The van der Waals surface area contributed by atoms with Crippen LogP contribution in [0.1, 0.15) is 12.5 Å². The standard InChI is InChI=1S/C20H17N3O6S2/c1-2-29-14-6-3-12(4-7-14)9-17-19(26)22(20(30)31-17)11-18(25)21-15-10-13(23(27)28)5-8-16(15)24/h3-10,24H,2,11H2,1H3,(H,21,25)/b17-9-. The summed E-state index contributed by atoms with van der Waals surface area (Å²) in [7, 11) is 0. The van der Waals surface area contributed by atoms with Crippen molar-refractivity contribution in [3.8, 4) is 11.5 Å². The Morgan fingerprint density at radius 1 is 1.32 bits per heavy atom. The Hall–Kier alpha value is -3.44. The van der Waals surface area contributed by atoms with E-state index < -0.39 is 23.3 Å². The van der Waals surface area contributed by atoms with E-state index in [0.29, 0.717) is 17.3 Å². The lowest BCUT2D eigenvalue weighted by atomic mass is 10.2. The van der Waals surface area contributed by atoms with E-state index in [1.165, 1.54) is 0 Å². The first-order valence-corrected chi connectivity index (χ1v) is 10.3. The van der Waals surface area contributed by atoms with Gasteiger partial charge in [-0.05, 0) is 36.8 Å². The third kappa shape index (κ3) is 5.38. The number of nitro groups is 1. The van der Waals surface area contributed by atoms with Crippen molar-refractivity contribution < 1.29 is 24.4 Å². The molecule has 1 saturated heterocycles. The predicted molar refractivity (Wildman–Crippen MR) is 121 cm³/mol. The SMILES string of the molecule is CCOc1ccc(/C=C2\SC(=S)N(CC(=O)Nc3cc([N+](=O)[O-])ccc3O)C2=O)cc1. The number of ether oxygens (including phenoxy) is 1. The highest BCUT2D eigenvalue weighted by Crippen LogP contribution is 2.33. The average Bonchev–Trinajstić information content (AvgIpc) is 2.98. The van der Waals surface area contributed by atoms with Crippen molar-refractivity contribution in [1.29, 1.82) is 0 Å². The summed E-state index contributed by atoms with van der Waals surface area (Å²) in [5.74, 6) is -0.704. The number of non-ortho nitro benzene ring substituents is 1. The number of phenols is 1. The Morgan fingerprint density at radius 2 is 2.03 bits per heavy atom. The van der Waals surface area contributed by atoms with Gasteiger partial charge in [0, 0.05) is 12.1 Å². The average molecular weight is 460 g/mol. The minimum Gasteiger partial charge on any atom is -0.506 e. The number of amides is 2. The van der Waals surface area contributed by atoms with Gasteiger partial charge in [-0.2, -0.15) is 0 Å². The molecule has 0 saturated carbocycles. The molecular formula is C20H17N3O6S2. The van der Waals surface area contributed by atoms with Gasteiger partial charge in [0.15, 0.2) is 0 Å². The zero-order chi connectivity index (χ0) is 22.5. The molecular weight excluding hydrogens is 442 g/mol. The molecule has 1 aliphatic heterocycles. The number of carbonyl (C=O) groups excluding carboxylic acids is 2. The van der Waals surface area contributed by atoms with E-state index in [0.717, 1.165) is 40.4 Å². The molecule has 160 valence electrons. The van der Waals surface area contributed by atoms with E-state index in [1.807, 2.05) is 6.92 Å². The summed E-state index contributed by atoms with van der Waals surface area (Å²) in [4.78, 5) is 36.8. The monoisotopic (exact) mass is 459 g/mol. The van der Waals surface area contributed by atoms with Gasteiger partial charge >= 0.3 is 0 Å². The van der Waals surface area contributed by atoms with Crippen molar-refractivity contribution in [2.45, 2.75) is 6.92 Å². The van der Waals surface area contributed by atoms with Gasteiger partial charge < -0.3 is 15.2 Å². The second-order valence-corrected chi connectivity index (χ2v) is 7.95. The second kappa shape index (κ2) is 9.58. The second-order valence-electron chi connectivity index (χ2n) is 6.28. The van der Waals surface area contributed by atoms with Crippen molar-refractivity contribution in [2.75, 3.05) is 18.5 Å². The number of nitro benzene ring substituents is 1. The van der Waals surface area contributed by atoms with Crippen LogP contribution in [0.15, 0.2) is 47.4 Å². The summed E-state index contributed by atoms with van der Waals surface area (Å²) in [5.41, 5.74) is 0.349. The molecule has 0 aromatic heterocycles. The topological polar surface area (TPSA) is 122 Å². The summed E-state index contributed by atoms with van der Waals surface area (Å²) >= 11 is 6.29. The van der Waals surface area contributed by atoms with Crippen molar-refractivity contribution in [2.24, 2.45) is 0 Å². The van der Waals surface area contributed by atoms with Crippen LogP contribution in [0.2, 0.25) is 0 Å². The Kier molecular flexibility index (Phi) is 6.88. The first kappa shape index (κ1) is 22.2. The molecule has 2 aromatic carbocycles. The quantitative estimate of drug-likeness (QED) is 0.212. The Labute approximate surface area is 186 Å². The maximum atomic E-state index is 12.7. The first-order valence-electron chi connectivity index (χ1n) is 9.04. The molecule has 2 N–H and O–H groups in total. The van der Waals surface area contributed by atoms with Crippen LogP contribution < -0.4 is 10.1 Å². The molecule has 2 aromatic rings. The van der Waals surface area contributed by atoms with Crippen LogP contribution >= 0.6 is 24.0 Å². The number of rotatable bonds is 7. The fourth-order valence-electron chi connectivity index (χ4n) is 2.69. The van der Waals surface area contributed by atoms with Gasteiger partial charge in [-0.25, -0.2) is 0 Å². The first-order chi connectivity index (χ1) is 14.8. The number of hydrogen-bond donors (Lipinski definition) is 2. The van der Waals surface area contributed by atoms with Crippen molar-refractivity contribution in [3.05, 3.63) is 63.0 Å². The van der Waals surface area contributed by atoms with Crippen LogP contribution in [0, 0.1) is 10.1 Å². The van der Waals surface area contributed by atoms with Crippen LogP contribution in [0.5, 0.6) is 11.5 Å². The summed E-state index contributed by atoms with van der Waals surface area (Å²) in [5, 5.41) is 23.1. The highest BCUT2D eigenvalue weighted by Gasteiger charge is 2.33. The molecule has 3 rings (SSSR count). The van der Waals surface area contributed by atoms with Gasteiger partial charge in [0.05, 0.1) is 22.1 Å². The van der Waals surface area contributed by atoms with E-state index in [9.17, 15) is 24.8 Å². The van der Waals surface area contributed by atoms with E-state index in [1.54, 1.807) is 30.3 Å². The summed E-state index contributed by atoms with van der Waals surface area (Å²) in [6.07, 6.45) is 1.67. The maximum absolute atomic E-state index is 12.7. The fraction of sp³-hybridized carbons (Fsp3) is 0.150. The molecule has 1 heterocycles. The number of thioether (sulfide) groups is 1. The maximum Gasteiger partial charge on any atom is 0.271 e. The minimum absolute atomic E-state index is 0.130. The number of aromatic hydroxyl groups is 1. The number of nitrogens with zero attached hydrogens (tertiary/aromatic N) is 2. The number of nitrogens with one attached hydrogen (secondary N) is 1. The van der Waals surface area contributed by atoms with Crippen molar-refractivity contribution in [3.63, 3.8) is 0 Å². The summed E-state index contributed by atoms with van der Waals surface area (Å²) < 4.78 is 5.59. The summed E-state index contributed by atoms with van der Waals surface area (Å²) in [6.45, 7) is 2.04. The molecule has 0 radical (unpaired) electrons. The molecule has 0 unspecified atom stereocenters. The third-order valence-electron chi connectivity index (χ3n) is 4.13. The lowest BCUT2D eigenvalue weighted by Crippen LogP contribution is -2.36. The third-order valence-corrected chi connectivity index (χ3v) is 5.51. The number of carbonyl (C=O) groups is 2. The van der Waals surface area contributed by atoms with Gasteiger partial charge in [0.2, 0.25) is 5.91 Å². The number of phenolic OH excluding ortho intramolecular Hbond substituents is 1. The van der Waals surface area contributed by atoms with E-state index in [-0.39, 0.29) is 21.4 Å². The number of anilines is 1. The molecule has 9 nitrogen and oxygen atoms in total. The van der Waals surface area contributed by atoms with Crippen molar-refractivity contribution >= 4 is 57.6 Å². The predicted octanol–water partition coefficient (Wildman–Crippen LogP) is 3.54. The molecule has 1 fully saturated rings. The largest absolute Gasteiger partial charge is 0.506 e. The van der Waals surface area contributed by atoms with E-state index in [4.69, 9.17) is 17.0 Å². The lowest BCUT2D eigenvalue weighted by Gasteiger charge is -2.14. The Morgan fingerprint density at radius 3 is 2.68 bits per heavy atom. The molecule has 0 atom stereocenters. The van der Waals surface area contributed by atoms with Gasteiger partial charge in [-0.15, -0.1) is 0 Å². The molecule has 31 heavy (non-hydrogen) atoms. The van der Waals surface area contributed by atoms with Gasteiger partial charge in [0.1, 0.15) is 22.4 Å². The number of thiocarbonyl (C=S) groups is 1.